The number of nitrogens with one attached hydrogen (secondary N) is 1. The Morgan fingerprint density at radius 1 is 1.47 bits per heavy atom. The van der Waals surface area contributed by atoms with E-state index in [1.165, 1.54) is 0 Å². The maximum absolute atomic E-state index is 13.9. The van der Waals surface area contributed by atoms with E-state index in [1.54, 1.807) is 0 Å². The van der Waals surface area contributed by atoms with Crippen LogP contribution in [-0.2, 0) is 17.8 Å². The van der Waals surface area contributed by atoms with Crippen molar-refractivity contribution >= 4 is 11.8 Å². The summed E-state index contributed by atoms with van der Waals surface area (Å²) in [5.41, 5.74) is -3.18. The molecule has 0 saturated carbocycles. The second-order valence-electron chi connectivity index (χ2n) is 6.44. The molecule has 8 nitrogen and oxygen atoms in total. The van der Waals surface area contributed by atoms with Gasteiger partial charge in [-0.25, -0.2) is 8.78 Å². The molecule has 2 amide bonds. The molecule has 30 heavy (non-hydrogen) atoms. The van der Waals surface area contributed by atoms with E-state index < -0.39 is 91.0 Å². The van der Waals surface area contributed by atoms with Crippen molar-refractivity contribution < 1.29 is 39.2 Å². The zero-order chi connectivity index (χ0) is 28.6. The second kappa shape index (κ2) is 7.52. The Hall–Kier alpha value is -3.27. The minimum Gasteiger partial charge on any atom is -0.503 e. The molecule has 0 spiro atoms. The molecule has 2 aliphatic rings. The molecule has 2 aliphatic heterocycles. The molecule has 2 N–H and O–H groups in total. The summed E-state index contributed by atoms with van der Waals surface area (Å²) < 4.78 is 96.4. The maximum atomic E-state index is 13.9. The summed E-state index contributed by atoms with van der Waals surface area (Å²) in [6.45, 7) is -8.17. The second-order valence-corrected chi connectivity index (χ2v) is 6.44. The number of hydrogen-bond donors (Lipinski definition) is 2. The van der Waals surface area contributed by atoms with Crippen LogP contribution in [-0.4, -0.2) is 45.2 Å². The van der Waals surface area contributed by atoms with Gasteiger partial charge in [-0.1, -0.05) is 6.07 Å². The predicted molar refractivity (Wildman–Crippen MR) is 99.9 cm³/mol. The Bertz CT molecular complexity index is 1420. The van der Waals surface area contributed by atoms with E-state index in [0.29, 0.717) is 10.6 Å². The van der Waals surface area contributed by atoms with Crippen LogP contribution in [0.4, 0.5) is 8.78 Å². The number of benzene rings is 1. The highest BCUT2D eigenvalue weighted by Gasteiger charge is 2.41. The summed E-state index contributed by atoms with van der Waals surface area (Å²) in [6, 6.07) is 0.00498. The van der Waals surface area contributed by atoms with Gasteiger partial charge < -0.3 is 24.6 Å². The molecule has 0 aliphatic carbocycles. The molecular weight excluding hydrogens is 400 g/mol. The molecule has 3 heterocycles. The van der Waals surface area contributed by atoms with Crippen LogP contribution < -0.4 is 10.7 Å². The number of halogens is 2. The topological polar surface area (TPSA) is 101 Å². The molecule has 1 aromatic carbocycles. The first-order valence-electron chi connectivity index (χ1n) is 12.5. The highest BCUT2D eigenvalue weighted by molar-refractivity contribution is 5.99. The quantitative estimate of drug-likeness (QED) is 0.770. The summed E-state index contributed by atoms with van der Waals surface area (Å²) in [6.07, 6.45) is -5.48. The van der Waals surface area contributed by atoms with Crippen LogP contribution in [0.2, 0.25) is 0 Å². The number of pyridine rings is 1. The van der Waals surface area contributed by atoms with Crippen molar-refractivity contribution in [2.75, 3.05) is 6.56 Å². The van der Waals surface area contributed by atoms with Gasteiger partial charge in [0.05, 0.1) is 17.2 Å². The SMILES string of the molecule is [2H]C([2H])([2H])[C@H]1N2C(=O)c3c(O)c(=O)c(C(=O)NCc4ccc(F)cc4F)cn3C[C@]2([2H])OC([2H])([2H])C1([2H])[2H]. The molecule has 0 unspecified atom stereocenters. The molecular formula is C20H19F2N3O5. The van der Waals surface area contributed by atoms with Crippen molar-refractivity contribution in [3.63, 3.8) is 0 Å². The standard InChI is InChI=1S/C20H19F2N3O5/c1-10-4-5-30-15-9-24-8-13(17(26)18(27)16(24)20(29)25(10)15)19(28)23-7-11-2-3-12(21)6-14(11)22/h2-3,6,8,10,15,27H,4-5,7,9H2,1H3,(H,23,28)/t10-,15+/m1/s1/i1D3,4D2,5D2,15D. The van der Waals surface area contributed by atoms with Crippen molar-refractivity contribution in [1.82, 2.24) is 14.8 Å². The lowest BCUT2D eigenvalue weighted by Gasteiger charge is -2.44. The van der Waals surface area contributed by atoms with E-state index in [-0.39, 0.29) is 10.5 Å². The number of hydrogen-bond acceptors (Lipinski definition) is 5. The maximum Gasteiger partial charge on any atom is 0.276 e. The minimum absolute atomic E-state index is 0.118. The van der Waals surface area contributed by atoms with Crippen LogP contribution in [0.15, 0.2) is 29.2 Å². The molecule has 2 atom stereocenters. The van der Waals surface area contributed by atoms with Gasteiger partial charge in [-0.15, -0.1) is 0 Å². The van der Waals surface area contributed by atoms with Gasteiger partial charge in [0, 0.05) is 37.3 Å². The zero-order valence-electron chi connectivity index (χ0n) is 23.0. The third-order valence-electron chi connectivity index (χ3n) is 4.57. The first-order valence-corrected chi connectivity index (χ1v) is 8.54. The number of aromatic nitrogens is 1. The molecule has 158 valence electrons. The molecule has 2 aromatic rings. The molecule has 4 rings (SSSR count). The molecule has 1 saturated heterocycles. The fraction of sp³-hybridized carbons (Fsp3) is 0.350. The Labute approximate surface area is 180 Å². The average Bonchev–Trinajstić information content (AvgIpc) is 2.75. The average molecular weight is 427 g/mol. The monoisotopic (exact) mass is 427 g/mol. The number of carbonyl (C=O) groups excluding carboxylic acids is 2. The van der Waals surface area contributed by atoms with Crippen LogP contribution >= 0.6 is 0 Å². The summed E-state index contributed by atoms with van der Waals surface area (Å²) in [4.78, 5) is 38.9. The predicted octanol–water partition coefficient (Wildman–Crippen LogP) is 1.35. The Balaban J connectivity index is 1.77. The van der Waals surface area contributed by atoms with Gasteiger partial charge in [0.2, 0.25) is 5.43 Å². The number of aromatic hydroxyl groups is 1. The van der Waals surface area contributed by atoms with Crippen molar-refractivity contribution in [1.29, 1.82) is 0 Å². The summed E-state index contributed by atoms with van der Waals surface area (Å²) in [7, 11) is 0. The van der Waals surface area contributed by atoms with E-state index in [4.69, 9.17) is 15.7 Å². The third kappa shape index (κ3) is 3.32. The van der Waals surface area contributed by atoms with Gasteiger partial charge >= 0.3 is 0 Å². The van der Waals surface area contributed by atoms with Crippen molar-refractivity contribution in [2.24, 2.45) is 0 Å². The first-order chi connectivity index (χ1) is 17.3. The van der Waals surface area contributed by atoms with Crippen LogP contribution in [0.25, 0.3) is 0 Å². The van der Waals surface area contributed by atoms with Gasteiger partial charge in [0.15, 0.2) is 17.6 Å². The van der Waals surface area contributed by atoms with Gasteiger partial charge in [0.1, 0.15) is 17.2 Å². The van der Waals surface area contributed by atoms with Crippen molar-refractivity contribution in [3.8, 4) is 5.75 Å². The smallest absolute Gasteiger partial charge is 0.276 e. The number of ether oxygens (including phenoxy) is 1. The molecule has 10 heteroatoms. The number of carbonyl (C=O) groups is 2. The molecule has 1 aromatic heterocycles. The van der Waals surface area contributed by atoms with Crippen molar-refractivity contribution in [3.05, 3.63) is 63.1 Å². The Morgan fingerprint density at radius 2 is 2.27 bits per heavy atom. The lowest BCUT2D eigenvalue weighted by atomic mass is 10.1. The first kappa shape index (κ1) is 12.4. The van der Waals surface area contributed by atoms with E-state index in [1.807, 2.05) is 0 Å². The lowest BCUT2D eigenvalue weighted by Crippen LogP contribution is -2.57. The van der Waals surface area contributed by atoms with Crippen LogP contribution in [0.5, 0.6) is 5.75 Å². The molecule has 1 fully saturated rings. The van der Waals surface area contributed by atoms with Crippen LogP contribution in [0, 0.1) is 11.6 Å². The highest BCUT2D eigenvalue weighted by atomic mass is 19.1. The fourth-order valence-electron chi connectivity index (χ4n) is 3.10. The van der Waals surface area contributed by atoms with E-state index in [9.17, 15) is 28.3 Å². The summed E-state index contributed by atoms with van der Waals surface area (Å²) in [5.74, 6) is -5.85. The van der Waals surface area contributed by atoms with Gasteiger partial charge in [-0.2, -0.15) is 0 Å². The van der Waals surface area contributed by atoms with Crippen LogP contribution in [0.3, 0.4) is 0 Å². The number of fused-ring (bicyclic) bond motifs is 2. The largest absolute Gasteiger partial charge is 0.503 e. The zero-order valence-corrected chi connectivity index (χ0v) is 15.0. The number of rotatable bonds is 3. The molecule has 0 bridgehead atoms. The number of nitrogens with zero attached hydrogens (tertiary/aromatic N) is 2. The van der Waals surface area contributed by atoms with Gasteiger partial charge in [0.25, 0.3) is 11.8 Å². The minimum atomic E-state index is -3.37. The third-order valence-corrected chi connectivity index (χ3v) is 4.57. The van der Waals surface area contributed by atoms with E-state index in [2.05, 4.69) is 5.32 Å². The Morgan fingerprint density at radius 3 is 3.00 bits per heavy atom. The lowest BCUT2D eigenvalue weighted by molar-refractivity contribution is -0.112. The summed E-state index contributed by atoms with van der Waals surface area (Å²) >= 11 is 0. The number of amides is 2. The van der Waals surface area contributed by atoms with Gasteiger partial charge in [-0.3, -0.25) is 14.4 Å². The van der Waals surface area contributed by atoms with Crippen molar-refractivity contribution in [2.45, 2.75) is 38.6 Å². The van der Waals surface area contributed by atoms with Crippen LogP contribution in [0.1, 0.15) is 50.6 Å². The normalized spacial score (nSPS) is 30.7. The highest BCUT2D eigenvalue weighted by Crippen LogP contribution is 2.29. The van der Waals surface area contributed by atoms with E-state index >= 15 is 0 Å². The Kier molecular flexibility index (Phi) is 3.12. The van der Waals surface area contributed by atoms with E-state index in [0.717, 1.165) is 18.3 Å². The fourth-order valence-corrected chi connectivity index (χ4v) is 3.10. The summed E-state index contributed by atoms with van der Waals surface area (Å²) in [5, 5.41) is 12.7. The molecule has 0 radical (unpaired) electrons. The van der Waals surface area contributed by atoms with Gasteiger partial charge in [-0.05, 0) is 19.3 Å².